The van der Waals surface area contributed by atoms with Crippen molar-refractivity contribution in [1.29, 1.82) is 0 Å². The Labute approximate surface area is 223 Å². The van der Waals surface area contributed by atoms with Gasteiger partial charge in [-0.15, -0.1) is 26.3 Å². The van der Waals surface area contributed by atoms with Crippen LogP contribution in [0.15, 0.2) is 55.6 Å². The Balaban J connectivity index is 3.93. The number of hydrogen-bond donors (Lipinski definition) is 0. The molecule has 0 N–H and O–H groups in total. The Morgan fingerprint density at radius 3 is 1.42 bits per heavy atom. The van der Waals surface area contributed by atoms with Gasteiger partial charge in [0.25, 0.3) is 11.8 Å². The molecule has 2 amide bonds. The number of hydrogen-bond acceptors (Lipinski definition) is 4. The van der Waals surface area contributed by atoms with E-state index in [0.29, 0.717) is 53.7 Å². The molecule has 162 valence electrons. The molecule has 0 spiro atoms. The Morgan fingerprint density at radius 1 is 0.774 bits per heavy atom. The van der Waals surface area contributed by atoms with E-state index in [9.17, 15) is 14.4 Å². The third kappa shape index (κ3) is 6.72. The first-order valence-electron chi connectivity index (χ1n) is 8.85. The smallest absolute Gasteiger partial charge is 0.256 e. The van der Waals surface area contributed by atoms with E-state index in [2.05, 4.69) is 37.2 Å². The summed E-state index contributed by atoms with van der Waals surface area (Å²) in [6.07, 6.45) is 6.46. The first kappa shape index (κ1) is 27.5. The second-order valence-corrected chi connectivity index (χ2v) is 9.18. The zero-order valence-electron chi connectivity index (χ0n) is 16.7. The number of amides is 2. The molecule has 0 atom stereocenters. The van der Waals surface area contributed by atoms with Crippen LogP contribution < -0.4 is 0 Å². The molecule has 0 saturated carbocycles. The fraction of sp³-hybridized carbons (Fsp3) is 0.182. The van der Waals surface area contributed by atoms with Gasteiger partial charge in [-0.2, -0.15) is 4.99 Å². The van der Waals surface area contributed by atoms with Crippen LogP contribution in [0.2, 0.25) is 0 Å². The lowest BCUT2D eigenvalue weighted by Crippen LogP contribution is -2.35. The maximum absolute atomic E-state index is 13.4. The van der Waals surface area contributed by atoms with Crippen LogP contribution in [0.3, 0.4) is 0 Å². The van der Waals surface area contributed by atoms with Crippen LogP contribution in [-0.2, 0) is 4.79 Å². The molecule has 0 aromatic heterocycles. The molecule has 31 heavy (non-hydrogen) atoms. The van der Waals surface area contributed by atoms with Crippen molar-refractivity contribution in [3.8, 4) is 0 Å². The zero-order chi connectivity index (χ0) is 23.6. The molecule has 9 heteroatoms. The van der Waals surface area contributed by atoms with Crippen molar-refractivity contribution in [1.82, 2.24) is 9.80 Å². The monoisotopic (exact) mass is 755 g/mol. The fourth-order valence-electron chi connectivity index (χ4n) is 2.62. The van der Waals surface area contributed by atoms with E-state index in [1.807, 2.05) is 67.8 Å². The molecule has 6 nitrogen and oxygen atoms in total. The molecule has 0 aliphatic rings. The lowest BCUT2D eigenvalue weighted by atomic mass is 10.1. The van der Waals surface area contributed by atoms with Crippen LogP contribution >= 0.6 is 67.8 Å². The predicted molar refractivity (Wildman–Crippen MR) is 150 cm³/mol. The van der Waals surface area contributed by atoms with Crippen molar-refractivity contribution < 1.29 is 14.4 Å². The lowest BCUT2D eigenvalue weighted by Gasteiger charge is -2.25. The number of aliphatic imine (C=N–C) groups is 1. The Bertz CT molecular complexity index is 924. The van der Waals surface area contributed by atoms with Gasteiger partial charge in [0.1, 0.15) is 5.69 Å². The van der Waals surface area contributed by atoms with Gasteiger partial charge in [0.2, 0.25) is 0 Å². The third-order valence-electron chi connectivity index (χ3n) is 3.91. The van der Waals surface area contributed by atoms with Gasteiger partial charge in [-0.3, -0.25) is 9.59 Å². The summed E-state index contributed by atoms with van der Waals surface area (Å²) in [7, 11) is 0. The van der Waals surface area contributed by atoms with Crippen molar-refractivity contribution in [2.75, 3.05) is 26.2 Å². The van der Waals surface area contributed by atoms with Crippen LogP contribution in [0, 0.1) is 10.7 Å². The Hall–Kier alpha value is -1.53. The Kier molecular flexibility index (Phi) is 12.2. The highest BCUT2D eigenvalue weighted by Gasteiger charge is 2.31. The summed E-state index contributed by atoms with van der Waals surface area (Å²) in [6, 6.07) is 0. The minimum atomic E-state index is -0.301. The number of carbonyl (C=O) groups excluding carboxylic acids is 3. The molecule has 0 aliphatic heterocycles. The van der Waals surface area contributed by atoms with Gasteiger partial charge in [0.15, 0.2) is 5.94 Å². The molecule has 0 unspecified atom stereocenters. The van der Waals surface area contributed by atoms with Gasteiger partial charge in [-0.1, -0.05) is 24.3 Å². The number of halogens is 3. The summed E-state index contributed by atoms with van der Waals surface area (Å²) in [6.45, 7) is 16.0. The highest BCUT2D eigenvalue weighted by molar-refractivity contribution is 14.1. The summed E-state index contributed by atoms with van der Waals surface area (Å²) in [4.78, 5) is 44.7. The average molecular weight is 755 g/mol. The highest BCUT2D eigenvalue weighted by atomic mass is 127. The SMILES string of the molecule is C=CCN(CC=C)C(=O)c1c(I)c(N=C=C=O)c(I)c(C(=O)N(CC=C)CC=C)c1I. The fourth-order valence-corrected chi connectivity index (χ4v) is 6.95. The first-order valence-corrected chi connectivity index (χ1v) is 12.1. The van der Waals surface area contributed by atoms with Gasteiger partial charge in [-0.25, -0.2) is 4.79 Å². The van der Waals surface area contributed by atoms with Crippen LogP contribution in [0.5, 0.6) is 0 Å². The summed E-state index contributed by atoms with van der Waals surface area (Å²) < 4.78 is 1.51. The standard InChI is InChI=1S/C22H20I3N3O3/c1-5-10-27(11-6-2)21(30)15-17(23)16(22(31)28(12-7-3)13-8-4)19(25)20(18(15)24)26-9-14-29/h5-8H,1-4,10-13H2. The molecule has 0 fully saturated rings. The number of carbonyl (C=O) groups is 2. The molecule has 0 saturated heterocycles. The van der Waals surface area contributed by atoms with Crippen molar-refractivity contribution >= 4 is 97.1 Å². The van der Waals surface area contributed by atoms with E-state index >= 15 is 0 Å². The number of rotatable bonds is 11. The van der Waals surface area contributed by atoms with E-state index < -0.39 is 0 Å². The molecule has 0 bridgehead atoms. The largest absolute Gasteiger partial charge is 0.331 e. The molecule has 0 heterocycles. The molecule has 0 aliphatic carbocycles. The quantitative estimate of drug-likeness (QED) is 0.141. The molecule has 1 rings (SSSR count). The molecule has 1 aromatic rings. The lowest BCUT2D eigenvalue weighted by molar-refractivity contribution is 0.0786. The van der Waals surface area contributed by atoms with Crippen molar-refractivity contribution in [3.63, 3.8) is 0 Å². The Morgan fingerprint density at radius 2 is 1.13 bits per heavy atom. The van der Waals surface area contributed by atoms with Crippen LogP contribution in [0.4, 0.5) is 5.69 Å². The van der Waals surface area contributed by atoms with E-state index in [1.54, 1.807) is 34.1 Å². The van der Waals surface area contributed by atoms with Crippen molar-refractivity contribution in [3.05, 3.63) is 72.5 Å². The van der Waals surface area contributed by atoms with Gasteiger partial charge in [0, 0.05) is 29.7 Å². The van der Waals surface area contributed by atoms with Gasteiger partial charge < -0.3 is 9.80 Å². The molecule has 0 radical (unpaired) electrons. The second kappa shape index (κ2) is 13.8. The second-order valence-electron chi connectivity index (χ2n) is 5.94. The maximum Gasteiger partial charge on any atom is 0.256 e. The van der Waals surface area contributed by atoms with E-state index in [0.717, 1.165) is 0 Å². The topological polar surface area (TPSA) is 70.0 Å². The average Bonchev–Trinajstić information content (AvgIpc) is 2.73. The van der Waals surface area contributed by atoms with Crippen LogP contribution in [0.1, 0.15) is 20.7 Å². The first-order chi connectivity index (χ1) is 14.8. The van der Waals surface area contributed by atoms with Crippen LogP contribution in [-0.4, -0.2) is 59.6 Å². The van der Waals surface area contributed by atoms with E-state index in [4.69, 9.17) is 0 Å². The number of nitrogens with zero attached hydrogens (tertiary/aromatic N) is 3. The van der Waals surface area contributed by atoms with Gasteiger partial charge >= 0.3 is 0 Å². The minimum Gasteiger partial charge on any atom is -0.331 e. The zero-order valence-corrected chi connectivity index (χ0v) is 23.1. The highest BCUT2D eigenvalue weighted by Crippen LogP contribution is 2.38. The van der Waals surface area contributed by atoms with E-state index in [-0.39, 0.29) is 11.8 Å². The minimum absolute atomic E-state index is 0.301. The van der Waals surface area contributed by atoms with Crippen molar-refractivity contribution in [2.24, 2.45) is 4.99 Å². The summed E-state index contributed by atoms with van der Waals surface area (Å²) in [5, 5.41) is 0. The maximum atomic E-state index is 13.4. The molecular weight excluding hydrogens is 735 g/mol. The third-order valence-corrected chi connectivity index (χ3v) is 7.09. The summed E-state index contributed by atoms with van der Waals surface area (Å²) in [5.41, 5.74) is 0.945. The van der Waals surface area contributed by atoms with E-state index in [1.165, 1.54) is 5.94 Å². The summed E-state index contributed by atoms with van der Waals surface area (Å²) >= 11 is 6.01. The van der Waals surface area contributed by atoms with Gasteiger partial charge in [0.05, 0.1) is 24.1 Å². The molecule has 1 aromatic carbocycles. The summed E-state index contributed by atoms with van der Waals surface area (Å²) in [5.74, 6) is 3.04. The van der Waals surface area contributed by atoms with Crippen molar-refractivity contribution in [2.45, 2.75) is 0 Å². The van der Waals surface area contributed by atoms with Crippen LogP contribution in [0.25, 0.3) is 0 Å². The normalized spacial score (nSPS) is 9.65. The molecular formula is C22H20I3N3O3. The van der Waals surface area contributed by atoms with Gasteiger partial charge in [-0.05, 0) is 67.8 Å². The number of benzene rings is 1. The predicted octanol–water partition coefficient (Wildman–Crippen LogP) is 4.82.